The minimum absolute atomic E-state index is 0.0348. The molecule has 0 aliphatic rings. The Kier molecular flexibility index (Phi) is 4.68. The van der Waals surface area contributed by atoms with Gasteiger partial charge in [0.1, 0.15) is 0 Å². The van der Waals surface area contributed by atoms with Crippen LogP contribution in [0.15, 0.2) is 54.6 Å². The molecule has 0 saturated heterocycles. The molecule has 0 spiro atoms. The van der Waals surface area contributed by atoms with Crippen molar-refractivity contribution >= 4 is 11.4 Å². The van der Waals surface area contributed by atoms with Crippen LogP contribution in [-0.4, -0.2) is 22.7 Å². The first kappa shape index (κ1) is 14.0. The second kappa shape index (κ2) is 6.68. The Balaban J connectivity index is 1.88. The van der Waals surface area contributed by atoms with Crippen LogP contribution in [0.1, 0.15) is 5.56 Å². The molecule has 20 heavy (non-hydrogen) atoms. The molecule has 0 aromatic heterocycles. The van der Waals surface area contributed by atoms with Crippen molar-refractivity contribution < 1.29 is 10.0 Å². The molecule has 2 aromatic rings. The number of nitrogens with zero attached hydrogens (tertiary/aromatic N) is 1. The summed E-state index contributed by atoms with van der Waals surface area (Å²) in [5.74, 6) is 0. The SMILES string of the molecule is O=[N+]([O-])c1cccc(NCC(O)Cc2ccccc2)c1. The van der Waals surface area contributed by atoms with Crippen molar-refractivity contribution in [2.24, 2.45) is 0 Å². The number of aliphatic hydroxyl groups excluding tert-OH is 1. The van der Waals surface area contributed by atoms with E-state index in [1.807, 2.05) is 30.3 Å². The van der Waals surface area contributed by atoms with Crippen molar-refractivity contribution in [3.8, 4) is 0 Å². The zero-order valence-electron chi connectivity index (χ0n) is 10.9. The first-order chi connectivity index (χ1) is 9.65. The van der Waals surface area contributed by atoms with Gasteiger partial charge in [0, 0.05) is 30.8 Å². The van der Waals surface area contributed by atoms with Crippen LogP contribution in [0, 0.1) is 10.1 Å². The fourth-order valence-corrected chi connectivity index (χ4v) is 1.92. The van der Waals surface area contributed by atoms with Gasteiger partial charge in [-0.05, 0) is 11.6 Å². The Hall–Kier alpha value is -2.40. The fourth-order valence-electron chi connectivity index (χ4n) is 1.92. The third-order valence-corrected chi connectivity index (χ3v) is 2.91. The van der Waals surface area contributed by atoms with E-state index in [2.05, 4.69) is 5.32 Å². The molecule has 0 amide bonds. The number of hydrogen-bond donors (Lipinski definition) is 2. The summed E-state index contributed by atoms with van der Waals surface area (Å²) >= 11 is 0. The van der Waals surface area contributed by atoms with Crippen molar-refractivity contribution in [1.82, 2.24) is 0 Å². The van der Waals surface area contributed by atoms with Gasteiger partial charge >= 0.3 is 0 Å². The molecule has 0 saturated carbocycles. The standard InChI is InChI=1S/C15H16N2O3/c18-15(9-12-5-2-1-3-6-12)11-16-13-7-4-8-14(10-13)17(19)20/h1-8,10,15-16,18H,9,11H2. The summed E-state index contributed by atoms with van der Waals surface area (Å²) in [5.41, 5.74) is 1.72. The Morgan fingerprint density at radius 3 is 2.60 bits per heavy atom. The minimum atomic E-state index is -0.545. The molecule has 5 heteroatoms. The third-order valence-electron chi connectivity index (χ3n) is 2.91. The van der Waals surface area contributed by atoms with Crippen molar-refractivity contribution in [3.63, 3.8) is 0 Å². The summed E-state index contributed by atoms with van der Waals surface area (Å²) in [7, 11) is 0. The van der Waals surface area contributed by atoms with E-state index < -0.39 is 11.0 Å². The Bertz CT molecular complexity index is 572. The highest BCUT2D eigenvalue weighted by atomic mass is 16.6. The second-order valence-electron chi connectivity index (χ2n) is 4.53. The van der Waals surface area contributed by atoms with Crippen LogP contribution < -0.4 is 5.32 Å². The van der Waals surface area contributed by atoms with Gasteiger partial charge in [-0.15, -0.1) is 0 Å². The van der Waals surface area contributed by atoms with Crippen LogP contribution in [0.2, 0.25) is 0 Å². The minimum Gasteiger partial charge on any atom is -0.391 e. The number of benzene rings is 2. The molecule has 1 unspecified atom stereocenters. The maximum atomic E-state index is 10.7. The summed E-state index contributed by atoms with van der Waals surface area (Å²) in [6.07, 6.45) is -0.000346. The van der Waals surface area contributed by atoms with E-state index in [9.17, 15) is 15.2 Å². The van der Waals surface area contributed by atoms with Gasteiger partial charge < -0.3 is 10.4 Å². The number of anilines is 1. The second-order valence-corrected chi connectivity index (χ2v) is 4.53. The van der Waals surface area contributed by atoms with Gasteiger partial charge in [-0.2, -0.15) is 0 Å². The molecule has 0 aliphatic heterocycles. The van der Waals surface area contributed by atoms with Gasteiger partial charge in [-0.3, -0.25) is 10.1 Å². The lowest BCUT2D eigenvalue weighted by Crippen LogP contribution is -2.21. The summed E-state index contributed by atoms with van der Waals surface area (Å²) in [4.78, 5) is 10.2. The van der Waals surface area contributed by atoms with Crippen molar-refractivity contribution in [3.05, 3.63) is 70.3 Å². The van der Waals surface area contributed by atoms with Crippen LogP contribution in [0.25, 0.3) is 0 Å². The molecule has 0 radical (unpaired) electrons. The van der Waals surface area contributed by atoms with Crippen molar-refractivity contribution in [2.45, 2.75) is 12.5 Å². The first-order valence-electron chi connectivity index (χ1n) is 6.35. The monoisotopic (exact) mass is 272 g/mol. The summed E-state index contributed by atoms with van der Waals surface area (Å²) in [5, 5.41) is 23.6. The molecule has 0 bridgehead atoms. The average Bonchev–Trinajstić information content (AvgIpc) is 2.46. The van der Waals surface area contributed by atoms with Crippen LogP contribution in [0.3, 0.4) is 0 Å². The number of hydrogen-bond acceptors (Lipinski definition) is 4. The highest BCUT2D eigenvalue weighted by molar-refractivity contribution is 5.50. The molecule has 2 rings (SSSR count). The van der Waals surface area contributed by atoms with E-state index in [1.165, 1.54) is 12.1 Å². The van der Waals surface area contributed by atoms with Crippen LogP contribution in [0.4, 0.5) is 11.4 Å². The highest BCUT2D eigenvalue weighted by Crippen LogP contribution is 2.17. The molecule has 0 aliphatic carbocycles. The van der Waals surface area contributed by atoms with Crippen molar-refractivity contribution in [2.75, 3.05) is 11.9 Å². The van der Waals surface area contributed by atoms with E-state index in [4.69, 9.17) is 0 Å². The molecule has 1 atom stereocenters. The molecule has 0 heterocycles. The van der Waals surface area contributed by atoms with Crippen molar-refractivity contribution in [1.29, 1.82) is 0 Å². The maximum Gasteiger partial charge on any atom is 0.271 e. The molecule has 5 nitrogen and oxygen atoms in total. The normalized spacial score (nSPS) is 11.8. The summed E-state index contributed by atoms with van der Waals surface area (Å²) in [6, 6.07) is 15.9. The number of rotatable bonds is 6. The molecule has 2 aromatic carbocycles. The van der Waals surface area contributed by atoms with Gasteiger partial charge in [0.25, 0.3) is 5.69 Å². The summed E-state index contributed by atoms with van der Waals surface area (Å²) in [6.45, 7) is 0.343. The number of nitro groups is 1. The quantitative estimate of drug-likeness (QED) is 0.626. The smallest absolute Gasteiger partial charge is 0.271 e. The lowest BCUT2D eigenvalue weighted by atomic mass is 10.1. The number of non-ortho nitro benzene ring substituents is 1. The van der Waals surface area contributed by atoms with Gasteiger partial charge in [-0.1, -0.05) is 36.4 Å². The van der Waals surface area contributed by atoms with E-state index in [1.54, 1.807) is 12.1 Å². The summed E-state index contributed by atoms with van der Waals surface area (Å²) < 4.78 is 0. The molecule has 0 fully saturated rings. The lowest BCUT2D eigenvalue weighted by Gasteiger charge is -2.12. The Morgan fingerprint density at radius 1 is 1.15 bits per heavy atom. The van der Waals surface area contributed by atoms with E-state index in [-0.39, 0.29) is 5.69 Å². The molecule has 2 N–H and O–H groups in total. The Morgan fingerprint density at radius 2 is 1.90 bits per heavy atom. The highest BCUT2D eigenvalue weighted by Gasteiger charge is 2.08. The van der Waals surface area contributed by atoms with E-state index in [0.29, 0.717) is 18.7 Å². The molecular weight excluding hydrogens is 256 g/mol. The topological polar surface area (TPSA) is 75.4 Å². The maximum absolute atomic E-state index is 10.7. The van der Waals surface area contributed by atoms with Crippen LogP contribution in [0.5, 0.6) is 0 Å². The van der Waals surface area contributed by atoms with Crippen LogP contribution in [-0.2, 0) is 6.42 Å². The zero-order valence-corrected chi connectivity index (χ0v) is 10.9. The first-order valence-corrected chi connectivity index (χ1v) is 6.35. The van der Waals surface area contributed by atoms with Gasteiger partial charge in [-0.25, -0.2) is 0 Å². The van der Waals surface area contributed by atoms with Gasteiger partial charge in [0.05, 0.1) is 11.0 Å². The Labute approximate surface area is 117 Å². The average molecular weight is 272 g/mol. The molecule has 104 valence electrons. The van der Waals surface area contributed by atoms with Gasteiger partial charge in [0.15, 0.2) is 0 Å². The fraction of sp³-hybridized carbons (Fsp3) is 0.200. The van der Waals surface area contributed by atoms with E-state index in [0.717, 1.165) is 5.56 Å². The zero-order chi connectivity index (χ0) is 14.4. The van der Waals surface area contributed by atoms with Gasteiger partial charge in [0.2, 0.25) is 0 Å². The third kappa shape index (κ3) is 4.07. The lowest BCUT2D eigenvalue weighted by molar-refractivity contribution is -0.384. The predicted molar refractivity (Wildman–Crippen MR) is 77.7 cm³/mol. The van der Waals surface area contributed by atoms with E-state index >= 15 is 0 Å². The molecular formula is C15H16N2O3. The largest absolute Gasteiger partial charge is 0.391 e. The number of aliphatic hydroxyl groups is 1. The number of nitro benzene ring substituents is 1. The predicted octanol–water partition coefficient (Wildman–Crippen LogP) is 2.61. The van der Waals surface area contributed by atoms with Crippen LogP contribution >= 0.6 is 0 Å². The number of nitrogens with one attached hydrogen (secondary N) is 1.